The fourth-order valence-electron chi connectivity index (χ4n) is 2.74. The van der Waals surface area contributed by atoms with Crippen LogP contribution in [0.5, 0.6) is 0 Å². The van der Waals surface area contributed by atoms with E-state index in [9.17, 15) is 16.8 Å². The number of hydrogen-bond donors (Lipinski definition) is 2. The van der Waals surface area contributed by atoms with Crippen LogP contribution >= 0.6 is 11.6 Å². The maximum atomic E-state index is 12.5. The highest BCUT2D eigenvalue weighted by molar-refractivity contribution is 7.89. The number of benzene rings is 2. The topological polar surface area (TPSA) is 92.3 Å². The van der Waals surface area contributed by atoms with Crippen LogP contribution < -0.4 is 9.44 Å². The van der Waals surface area contributed by atoms with Crippen LogP contribution in [0.3, 0.4) is 0 Å². The summed E-state index contributed by atoms with van der Waals surface area (Å²) in [6.45, 7) is 3.65. The van der Waals surface area contributed by atoms with Crippen molar-refractivity contribution in [1.82, 2.24) is 9.44 Å². The molecule has 9 heteroatoms. The Kier molecular flexibility index (Phi) is 8.66. The summed E-state index contributed by atoms with van der Waals surface area (Å²) in [6.07, 6.45) is 1.66. The molecule has 2 aromatic rings. The highest BCUT2D eigenvalue weighted by Gasteiger charge is 2.15. The van der Waals surface area contributed by atoms with Crippen molar-refractivity contribution in [3.8, 4) is 0 Å². The zero-order valence-electron chi connectivity index (χ0n) is 16.6. The second kappa shape index (κ2) is 10.5. The van der Waals surface area contributed by atoms with E-state index < -0.39 is 20.0 Å². The van der Waals surface area contributed by atoms with Crippen molar-refractivity contribution in [1.29, 1.82) is 0 Å². The molecular formula is C20H27ClN2O4S2. The first-order valence-electron chi connectivity index (χ1n) is 9.34. The van der Waals surface area contributed by atoms with Crippen LogP contribution in [0.2, 0.25) is 0 Å². The molecule has 0 aromatic heterocycles. The van der Waals surface area contributed by atoms with Gasteiger partial charge in [-0.3, -0.25) is 0 Å². The Labute approximate surface area is 178 Å². The molecule has 0 bridgehead atoms. The third-order valence-electron chi connectivity index (χ3n) is 4.09. The second-order valence-corrected chi connectivity index (χ2v) is 11.0. The molecule has 6 nitrogen and oxygen atoms in total. The molecule has 0 aliphatic heterocycles. The van der Waals surface area contributed by atoms with Gasteiger partial charge in [-0.15, -0.1) is 11.6 Å². The molecule has 160 valence electrons. The van der Waals surface area contributed by atoms with Crippen molar-refractivity contribution < 1.29 is 16.8 Å². The van der Waals surface area contributed by atoms with Gasteiger partial charge in [-0.1, -0.05) is 36.4 Å². The van der Waals surface area contributed by atoms with Gasteiger partial charge in [-0.05, 0) is 55.5 Å². The van der Waals surface area contributed by atoms with Gasteiger partial charge in [0, 0.05) is 18.5 Å². The van der Waals surface area contributed by atoms with E-state index in [4.69, 9.17) is 11.6 Å². The molecule has 0 amide bonds. The third-order valence-corrected chi connectivity index (χ3v) is 7.32. The molecule has 0 heterocycles. The number of hydrogen-bond acceptors (Lipinski definition) is 4. The summed E-state index contributed by atoms with van der Waals surface area (Å²) in [5.41, 5.74) is 2.42. The van der Waals surface area contributed by atoms with Crippen molar-refractivity contribution >= 4 is 31.6 Å². The summed E-state index contributed by atoms with van der Waals surface area (Å²) < 4.78 is 54.0. The standard InChI is InChI=1S/C20H27ClN2O4S2/c1-16(2)23-28(24,25)15-19-7-5-18(6-8-19)14-22-29(26,27)20-11-9-17(10-12-20)4-3-13-21/h5-12,16,22-23H,3-4,13-15H2,1-2H3. The molecule has 2 aromatic carbocycles. The Hall–Kier alpha value is -1.45. The minimum absolute atomic E-state index is 0.118. The Morgan fingerprint density at radius 1 is 0.862 bits per heavy atom. The Bertz CT molecular complexity index is 988. The van der Waals surface area contributed by atoms with Crippen LogP contribution in [0.1, 0.15) is 37.0 Å². The first kappa shape index (κ1) is 23.8. The SMILES string of the molecule is CC(C)NS(=O)(=O)Cc1ccc(CNS(=O)(=O)c2ccc(CCCCl)cc2)cc1. The van der Waals surface area contributed by atoms with Gasteiger partial charge < -0.3 is 0 Å². The molecule has 0 spiro atoms. The van der Waals surface area contributed by atoms with E-state index in [1.165, 1.54) is 0 Å². The molecule has 0 aliphatic carbocycles. The highest BCUT2D eigenvalue weighted by Crippen LogP contribution is 2.14. The number of rotatable bonds is 11. The maximum absolute atomic E-state index is 12.5. The zero-order chi connectivity index (χ0) is 21.5. The van der Waals surface area contributed by atoms with Crippen LogP contribution in [0.25, 0.3) is 0 Å². The van der Waals surface area contributed by atoms with Crippen molar-refractivity contribution in [2.45, 2.75) is 49.9 Å². The average Bonchev–Trinajstić information content (AvgIpc) is 2.65. The Balaban J connectivity index is 1.96. The number of aryl methyl sites for hydroxylation is 1. The quantitative estimate of drug-likeness (QED) is 0.506. The third kappa shape index (κ3) is 8.06. The smallest absolute Gasteiger partial charge is 0.212 e. The van der Waals surface area contributed by atoms with Gasteiger partial charge in [0.2, 0.25) is 20.0 Å². The molecule has 0 saturated carbocycles. The van der Waals surface area contributed by atoms with Crippen molar-refractivity contribution in [3.05, 3.63) is 65.2 Å². The van der Waals surface area contributed by atoms with Gasteiger partial charge in [0.05, 0.1) is 10.6 Å². The summed E-state index contributed by atoms with van der Waals surface area (Å²) in [5, 5.41) is 0. The Morgan fingerprint density at radius 3 is 1.97 bits per heavy atom. The number of halogens is 1. The molecule has 0 saturated heterocycles. The van der Waals surface area contributed by atoms with Crippen molar-refractivity contribution in [2.75, 3.05) is 5.88 Å². The lowest BCUT2D eigenvalue weighted by Gasteiger charge is -2.10. The van der Waals surface area contributed by atoms with Gasteiger partial charge in [-0.2, -0.15) is 0 Å². The number of alkyl halides is 1. The maximum Gasteiger partial charge on any atom is 0.240 e. The molecule has 0 atom stereocenters. The molecule has 0 fully saturated rings. The normalized spacial score (nSPS) is 12.4. The first-order chi connectivity index (χ1) is 13.6. The molecule has 2 N–H and O–H groups in total. The predicted octanol–water partition coefficient (Wildman–Crippen LogP) is 3.16. The lowest BCUT2D eigenvalue weighted by Crippen LogP contribution is -2.31. The molecule has 0 aliphatic rings. The molecule has 0 radical (unpaired) electrons. The fourth-order valence-corrected chi connectivity index (χ4v) is 5.33. The van der Waals surface area contributed by atoms with Crippen LogP contribution in [-0.4, -0.2) is 28.8 Å². The molecular weight excluding hydrogens is 432 g/mol. The van der Waals surface area contributed by atoms with Gasteiger partial charge in [0.15, 0.2) is 0 Å². The molecule has 0 unspecified atom stereocenters. The highest BCUT2D eigenvalue weighted by atomic mass is 35.5. The van der Waals surface area contributed by atoms with E-state index in [0.29, 0.717) is 11.4 Å². The van der Waals surface area contributed by atoms with Gasteiger partial charge in [0.25, 0.3) is 0 Å². The van der Waals surface area contributed by atoms with Crippen LogP contribution in [0, 0.1) is 0 Å². The van der Waals surface area contributed by atoms with Crippen LogP contribution in [0.15, 0.2) is 53.4 Å². The largest absolute Gasteiger partial charge is 0.240 e. The minimum atomic E-state index is -3.63. The van der Waals surface area contributed by atoms with Gasteiger partial charge in [-0.25, -0.2) is 26.3 Å². The van der Waals surface area contributed by atoms with Gasteiger partial charge in [0.1, 0.15) is 0 Å². The number of nitrogens with one attached hydrogen (secondary N) is 2. The average molecular weight is 459 g/mol. The van der Waals surface area contributed by atoms with E-state index >= 15 is 0 Å². The molecule has 2 rings (SSSR count). The lowest BCUT2D eigenvalue weighted by atomic mass is 10.1. The monoisotopic (exact) mass is 458 g/mol. The van der Waals surface area contributed by atoms with E-state index in [0.717, 1.165) is 24.0 Å². The summed E-state index contributed by atoms with van der Waals surface area (Å²) in [5.74, 6) is 0.452. The fraction of sp³-hybridized carbons (Fsp3) is 0.400. The second-order valence-electron chi connectivity index (χ2n) is 7.11. The van der Waals surface area contributed by atoms with E-state index in [1.54, 1.807) is 62.4 Å². The minimum Gasteiger partial charge on any atom is -0.212 e. The summed E-state index contributed by atoms with van der Waals surface area (Å²) in [6, 6.07) is 13.4. The van der Waals surface area contributed by atoms with E-state index in [-0.39, 0.29) is 23.2 Å². The summed E-state index contributed by atoms with van der Waals surface area (Å²) in [4.78, 5) is 0.203. The zero-order valence-corrected chi connectivity index (χ0v) is 18.9. The summed E-state index contributed by atoms with van der Waals surface area (Å²) in [7, 11) is -7.03. The van der Waals surface area contributed by atoms with Gasteiger partial charge >= 0.3 is 0 Å². The van der Waals surface area contributed by atoms with Crippen molar-refractivity contribution in [2.24, 2.45) is 0 Å². The number of sulfonamides is 2. The van der Waals surface area contributed by atoms with Crippen LogP contribution in [-0.2, 0) is 38.8 Å². The summed E-state index contributed by atoms with van der Waals surface area (Å²) >= 11 is 5.68. The van der Waals surface area contributed by atoms with Crippen LogP contribution in [0.4, 0.5) is 0 Å². The van der Waals surface area contributed by atoms with Crippen molar-refractivity contribution in [3.63, 3.8) is 0 Å². The lowest BCUT2D eigenvalue weighted by molar-refractivity contribution is 0.569. The van der Waals surface area contributed by atoms with E-state index in [1.807, 2.05) is 0 Å². The molecule has 29 heavy (non-hydrogen) atoms. The Morgan fingerprint density at radius 2 is 1.41 bits per heavy atom. The predicted molar refractivity (Wildman–Crippen MR) is 117 cm³/mol. The van der Waals surface area contributed by atoms with E-state index in [2.05, 4.69) is 9.44 Å². The first-order valence-corrected chi connectivity index (χ1v) is 13.0.